The maximum absolute atomic E-state index is 11.5. The number of ether oxygens (including phenoxy) is 2. The Bertz CT molecular complexity index is 225. The SMILES string of the molecule is O=C(NCC1CNCCO1)NC1CCOC1. The van der Waals surface area contributed by atoms with Gasteiger partial charge < -0.3 is 25.4 Å². The average molecular weight is 229 g/mol. The van der Waals surface area contributed by atoms with Gasteiger partial charge in [-0.1, -0.05) is 0 Å². The molecule has 0 bridgehead atoms. The van der Waals surface area contributed by atoms with E-state index in [1.54, 1.807) is 0 Å². The Kier molecular flexibility index (Phi) is 4.38. The smallest absolute Gasteiger partial charge is 0.315 e. The van der Waals surface area contributed by atoms with Gasteiger partial charge >= 0.3 is 6.03 Å². The van der Waals surface area contributed by atoms with Crippen molar-refractivity contribution in [2.24, 2.45) is 0 Å². The van der Waals surface area contributed by atoms with Crippen LogP contribution < -0.4 is 16.0 Å². The van der Waals surface area contributed by atoms with Gasteiger partial charge in [0.25, 0.3) is 0 Å². The second-order valence-corrected chi connectivity index (χ2v) is 4.11. The van der Waals surface area contributed by atoms with Gasteiger partial charge in [-0.25, -0.2) is 4.79 Å². The molecule has 2 rings (SSSR count). The Labute approximate surface area is 95.1 Å². The zero-order valence-corrected chi connectivity index (χ0v) is 9.33. The van der Waals surface area contributed by atoms with Crippen LogP contribution in [0, 0.1) is 0 Å². The van der Waals surface area contributed by atoms with Gasteiger partial charge in [0, 0.05) is 26.2 Å². The van der Waals surface area contributed by atoms with Crippen molar-refractivity contribution in [3.8, 4) is 0 Å². The zero-order valence-electron chi connectivity index (χ0n) is 9.33. The van der Waals surface area contributed by atoms with Gasteiger partial charge in [0.05, 0.1) is 25.4 Å². The van der Waals surface area contributed by atoms with E-state index >= 15 is 0 Å². The number of rotatable bonds is 3. The molecule has 6 heteroatoms. The number of amides is 2. The number of hydrogen-bond donors (Lipinski definition) is 3. The molecule has 2 fully saturated rings. The molecule has 0 aromatic heterocycles. The van der Waals surface area contributed by atoms with Crippen LogP contribution >= 0.6 is 0 Å². The lowest BCUT2D eigenvalue weighted by Gasteiger charge is -2.24. The number of carbonyl (C=O) groups excluding carboxylic acids is 1. The first-order chi connectivity index (χ1) is 7.84. The molecule has 16 heavy (non-hydrogen) atoms. The molecule has 0 aliphatic carbocycles. The number of carbonyl (C=O) groups is 1. The molecule has 92 valence electrons. The van der Waals surface area contributed by atoms with Crippen molar-refractivity contribution >= 4 is 6.03 Å². The van der Waals surface area contributed by atoms with Gasteiger partial charge in [0.15, 0.2) is 0 Å². The predicted molar refractivity (Wildman–Crippen MR) is 58.4 cm³/mol. The molecule has 2 unspecified atom stereocenters. The van der Waals surface area contributed by atoms with Crippen LogP contribution in [0.25, 0.3) is 0 Å². The monoisotopic (exact) mass is 229 g/mol. The normalized spacial score (nSPS) is 30.0. The Balaban J connectivity index is 1.59. The minimum Gasteiger partial charge on any atom is -0.379 e. The van der Waals surface area contributed by atoms with Gasteiger partial charge in [-0.15, -0.1) is 0 Å². The average Bonchev–Trinajstić information content (AvgIpc) is 2.81. The Morgan fingerprint density at radius 2 is 2.38 bits per heavy atom. The van der Waals surface area contributed by atoms with Crippen LogP contribution in [0.2, 0.25) is 0 Å². The van der Waals surface area contributed by atoms with Crippen LogP contribution in [0.4, 0.5) is 4.79 Å². The maximum Gasteiger partial charge on any atom is 0.315 e. The van der Waals surface area contributed by atoms with E-state index in [0.29, 0.717) is 19.8 Å². The molecule has 0 spiro atoms. The Morgan fingerprint density at radius 3 is 3.06 bits per heavy atom. The molecule has 2 amide bonds. The van der Waals surface area contributed by atoms with E-state index in [1.807, 2.05) is 0 Å². The third-order valence-corrected chi connectivity index (χ3v) is 2.76. The van der Waals surface area contributed by atoms with Crippen LogP contribution in [0.5, 0.6) is 0 Å². The van der Waals surface area contributed by atoms with E-state index in [1.165, 1.54) is 0 Å². The van der Waals surface area contributed by atoms with Crippen LogP contribution in [0.3, 0.4) is 0 Å². The lowest BCUT2D eigenvalue weighted by molar-refractivity contribution is 0.0307. The largest absolute Gasteiger partial charge is 0.379 e. The lowest BCUT2D eigenvalue weighted by Crippen LogP contribution is -2.49. The van der Waals surface area contributed by atoms with Crippen molar-refractivity contribution in [1.82, 2.24) is 16.0 Å². The molecule has 0 aromatic carbocycles. The lowest BCUT2D eigenvalue weighted by atomic mass is 10.3. The fourth-order valence-corrected chi connectivity index (χ4v) is 1.84. The molecule has 2 aliphatic heterocycles. The summed E-state index contributed by atoms with van der Waals surface area (Å²) in [5.74, 6) is 0. The van der Waals surface area contributed by atoms with Gasteiger partial charge in [-0.2, -0.15) is 0 Å². The molecule has 0 aromatic rings. The second-order valence-electron chi connectivity index (χ2n) is 4.11. The first-order valence-corrected chi connectivity index (χ1v) is 5.79. The minimum atomic E-state index is -0.135. The maximum atomic E-state index is 11.5. The fourth-order valence-electron chi connectivity index (χ4n) is 1.84. The minimum absolute atomic E-state index is 0.0827. The Hall–Kier alpha value is -0.850. The van der Waals surface area contributed by atoms with E-state index in [0.717, 1.165) is 26.1 Å². The second kappa shape index (κ2) is 6.03. The highest BCUT2D eigenvalue weighted by atomic mass is 16.5. The topological polar surface area (TPSA) is 71.6 Å². The highest BCUT2D eigenvalue weighted by Crippen LogP contribution is 2.02. The van der Waals surface area contributed by atoms with Gasteiger partial charge in [-0.05, 0) is 6.42 Å². The summed E-state index contributed by atoms with van der Waals surface area (Å²) < 4.78 is 10.6. The summed E-state index contributed by atoms with van der Waals surface area (Å²) in [7, 11) is 0. The zero-order chi connectivity index (χ0) is 11.2. The van der Waals surface area contributed by atoms with E-state index in [4.69, 9.17) is 9.47 Å². The summed E-state index contributed by atoms with van der Waals surface area (Å²) in [6.07, 6.45) is 0.980. The van der Waals surface area contributed by atoms with Crippen molar-refractivity contribution in [3.63, 3.8) is 0 Å². The molecular weight excluding hydrogens is 210 g/mol. The molecule has 2 aliphatic rings. The third-order valence-electron chi connectivity index (χ3n) is 2.76. The molecule has 0 radical (unpaired) electrons. The molecule has 0 saturated carbocycles. The number of nitrogens with one attached hydrogen (secondary N) is 3. The van der Waals surface area contributed by atoms with E-state index in [-0.39, 0.29) is 18.2 Å². The van der Waals surface area contributed by atoms with Crippen molar-refractivity contribution in [2.45, 2.75) is 18.6 Å². The first-order valence-electron chi connectivity index (χ1n) is 5.79. The van der Waals surface area contributed by atoms with Crippen molar-refractivity contribution in [3.05, 3.63) is 0 Å². The molecule has 2 heterocycles. The van der Waals surface area contributed by atoms with Crippen molar-refractivity contribution in [2.75, 3.05) is 39.5 Å². The third kappa shape index (κ3) is 3.62. The van der Waals surface area contributed by atoms with Crippen LogP contribution in [-0.4, -0.2) is 57.6 Å². The highest BCUT2D eigenvalue weighted by molar-refractivity contribution is 5.74. The van der Waals surface area contributed by atoms with Crippen LogP contribution in [0.1, 0.15) is 6.42 Å². The van der Waals surface area contributed by atoms with Crippen molar-refractivity contribution in [1.29, 1.82) is 0 Å². The summed E-state index contributed by atoms with van der Waals surface area (Å²) in [6, 6.07) is 0.0232. The summed E-state index contributed by atoms with van der Waals surface area (Å²) in [4.78, 5) is 11.5. The number of morpholine rings is 1. The summed E-state index contributed by atoms with van der Waals surface area (Å²) >= 11 is 0. The molecule has 6 nitrogen and oxygen atoms in total. The summed E-state index contributed by atoms with van der Waals surface area (Å²) in [5, 5.41) is 8.89. The molecule has 2 atom stereocenters. The first kappa shape index (κ1) is 11.6. The van der Waals surface area contributed by atoms with Gasteiger partial charge in [-0.3, -0.25) is 0 Å². The van der Waals surface area contributed by atoms with Gasteiger partial charge in [0.1, 0.15) is 0 Å². The summed E-state index contributed by atoms with van der Waals surface area (Å²) in [6.45, 7) is 4.31. The fraction of sp³-hybridized carbons (Fsp3) is 0.900. The number of urea groups is 1. The van der Waals surface area contributed by atoms with Crippen LogP contribution in [-0.2, 0) is 9.47 Å². The standard InChI is InChI=1S/C10H19N3O3/c14-10(13-8-1-3-15-7-8)12-6-9-5-11-2-4-16-9/h8-9,11H,1-7H2,(H2,12,13,14). The van der Waals surface area contributed by atoms with E-state index in [9.17, 15) is 4.79 Å². The van der Waals surface area contributed by atoms with Crippen LogP contribution in [0.15, 0.2) is 0 Å². The highest BCUT2D eigenvalue weighted by Gasteiger charge is 2.19. The molecular formula is C10H19N3O3. The van der Waals surface area contributed by atoms with Crippen molar-refractivity contribution < 1.29 is 14.3 Å². The molecule has 2 saturated heterocycles. The Morgan fingerprint density at radius 1 is 1.44 bits per heavy atom. The van der Waals surface area contributed by atoms with Gasteiger partial charge in [0.2, 0.25) is 0 Å². The predicted octanol–water partition coefficient (Wildman–Crippen LogP) is -0.937. The van der Waals surface area contributed by atoms with E-state index < -0.39 is 0 Å². The summed E-state index contributed by atoms with van der Waals surface area (Å²) in [5.41, 5.74) is 0. The molecule has 3 N–H and O–H groups in total. The number of hydrogen-bond acceptors (Lipinski definition) is 4. The quantitative estimate of drug-likeness (QED) is 0.584. The van der Waals surface area contributed by atoms with E-state index in [2.05, 4.69) is 16.0 Å².